The van der Waals surface area contributed by atoms with Crippen molar-refractivity contribution < 1.29 is 18.9 Å². The van der Waals surface area contributed by atoms with Gasteiger partial charge in [-0.3, -0.25) is 0 Å². The molecule has 0 aromatic heterocycles. The molecule has 3 aliphatic carbocycles. The van der Waals surface area contributed by atoms with Crippen LogP contribution >= 0.6 is 0 Å². The highest BCUT2D eigenvalue weighted by Crippen LogP contribution is 2.67. The lowest BCUT2D eigenvalue weighted by Gasteiger charge is -2.41. The van der Waals surface area contributed by atoms with Gasteiger partial charge in [0.25, 0.3) is 0 Å². The van der Waals surface area contributed by atoms with Gasteiger partial charge in [-0.15, -0.1) is 0 Å². The largest absolute Gasteiger partial charge is 0.353 e. The number of hydrogen-bond donors (Lipinski definition) is 0. The third-order valence-electron chi connectivity index (χ3n) is 8.22. The van der Waals surface area contributed by atoms with Crippen molar-refractivity contribution in [2.75, 3.05) is 26.4 Å². The number of rotatable bonds is 12. The Balaban J connectivity index is 1.72. The van der Waals surface area contributed by atoms with Crippen molar-refractivity contribution >= 4 is 0 Å². The molecule has 0 spiro atoms. The first-order valence-corrected chi connectivity index (χ1v) is 12.0. The van der Waals surface area contributed by atoms with E-state index in [0.717, 1.165) is 48.7 Å². The predicted octanol–water partition coefficient (Wildman–Crippen LogP) is 5.36. The van der Waals surface area contributed by atoms with Gasteiger partial charge in [-0.25, -0.2) is 0 Å². The molecule has 3 aliphatic rings. The van der Waals surface area contributed by atoms with Crippen LogP contribution in [-0.2, 0) is 18.9 Å². The van der Waals surface area contributed by atoms with Crippen LogP contribution in [0.2, 0.25) is 0 Å². The fourth-order valence-corrected chi connectivity index (χ4v) is 7.22. The van der Waals surface area contributed by atoms with Gasteiger partial charge in [-0.2, -0.15) is 0 Å². The van der Waals surface area contributed by atoms with E-state index in [9.17, 15) is 0 Å². The van der Waals surface area contributed by atoms with Crippen LogP contribution in [0.15, 0.2) is 0 Å². The highest BCUT2D eigenvalue weighted by atomic mass is 16.7. The van der Waals surface area contributed by atoms with Gasteiger partial charge in [0, 0.05) is 13.2 Å². The summed E-state index contributed by atoms with van der Waals surface area (Å²) in [5.41, 5.74) is 0. The lowest BCUT2D eigenvalue weighted by atomic mass is 9.66. The van der Waals surface area contributed by atoms with E-state index in [-0.39, 0.29) is 12.6 Å². The van der Waals surface area contributed by atoms with E-state index in [2.05, 4.69) is 13.8 Å². The lowest BCUT2D eigenvalue weighted by molar-refractivity contribution is -0.166. The van der Waals surface area contributed by atoms with E-state index < -0.39 is 0 Å². The van der Waals surface area contributed by atoms with Crippen molar-refractivity contribution in [1.82, 2.24) is 0 Å². The van der Waals surface area contributed by atoms with Crippen LogP contribution in [-0.4, -0.2) is 39.0 Å². The Labute approximate surface area is 173 Å². The van der Waals surface area contributed by atoms with Crippen molar-refractivity contribution in [3.8, 4) is 0 Å². The molecule has 10 unspecified atom stereocenters. The first-order valence-electron chi connectivity index (χ1n) is 12.0. The Morgan fingerprint density at radius 1 is 0.643 bits per heavy atom. The van der Waals surface area contributed by atoms with Gasteiger partial charge in [-0.05, 0) is 87.9 Å². The zero-order valence-corrected chi connectivity index (χ0v) is 19.1. The first kappa shape index (κ1) is 22.5. The number of fused-ring (bicyclic) bond motifs is 5. The number of hydrogen-bond acceptors (Lipinski definition) is 4. The Kier molecular flexibility index (Phi) is 8.23. The predicted molar refractivity (Wildman–Crippen MR) is 112 cm³/mol. The summed E-state index contributed by atoms with van der Waals surface area (Å²) in [5, 5.41) is 0. The highest BCUT2D eigenvalue weighted by Gasteiger charge is 2.63. The second-order valence-electron chi connectivity index (χ2n) is 9.33. The summed E-state index contributed by atoms with van der Waals surface area (Å²) in [7, 11) is 0. The minimum Gasteiger partial charge on any atom is -0.353 e. The summed E-state index contributed by atoms with van der Waals surface area (Å²) in [6, 6.07) is 0. The van der Waals surface area contributed by atoms with Crippen LogP contribution in [0.25, 0.3) is 0 Å². The summed E-state index contributed by atoms with van der Waals surface area (Å²) in [4.78, 5) is 0. The second-order valence-corrected chi connectivity index (χ2v) is 9.33. The minimum absolute atomic E-state index is 0.113. The maximum atomic E-state index is 6.17. The molecule has 0 N–H and O–H groups in total. The monoisotopic (exact) mass is 396 g/mol. The molecule has 10 atom stereocenters. The molecule has 28 heavy (non-hydrogen) atoms. The van der Waals surface area contributed by atoms with Gasteiger partial charge in [0.15, 0.2) is 12.6 Å². The third-order valence-corrected chi connectivity index (χ3v) is 8.22. The molecule has 3 rings (SSSR count). The van der Waals surface area contributed by atoms with Gasteiger partial charge in [0.05, 0.1) is 13.2 Å². The molecular formula is C24H44O4. The standard InChI is InChI=1S/C24H44O4/c1-7-17-11-18(8-2)24-20-12-19(23(17)24)21(13-27-15(5)25-9-3)22(20)14-28-16(6)26-10-4/h15-24H,7-14H2,1-6H3. The molecule has 0 aliphatic heterocycles. The molecule has 0 aromatic carbocycles. The van der Waals surface area contributed by atoms with Crippen LogP contribution in [0.5, 0.6) is 0 Å². The van der Waals surface area contributed by atoms with Crippen molar-refractivity contribution in [1.29, 1.82) is 0 Å². The van der Waals surface area contributed by atoms with Crippen LogP contribution in [0.3, 0.4) is 0 Å². The van der Waals surface area contributed by atoms with E-state index in [1.54, 1.807) is 0 Å². The minimum atomic E-state index is -0.113. The molecule has 3 saturated carbocycles. The first-order chi connectivity index (χ1) is 13.5. The highest BCUT2D eigenvalue weighted by molar-refractivity contribution is 5.10. The molecule has 4 nitrogen and oxygen atoms in total. The van der Waals surface area contributed by atoms with Gasteiger partial charge >= 0.3 is 0 Å². The smallest absolute Gasteiger partial charge is 0.154 e. The molecule has 2 bridgehead atoms. The quantitative estimate of drug-likeness (QED) is 0.416. The Morgan fingerprint density at radius 2 is 1.07 bits per heavy atom. The molecular weight excluding hydrogens is 352 g/mol. The molecule has 0 aromatic rings. The third kappa shape index (κ3) is 4.45. The SMILES string of the molecule is CCOC(C)OCC1C(COC(C)OCC)C2CC1C1C(CC)CC(CC)C21. The van der Waals surface area contributed by atoms with E-state index in [1.165, 1.54) is 25.7 Å². The number of ether oxygens (including phenoxy) is 4. The fourth-order valence-electron chi connectivity index (χ4n) is 7.22. The maximum Gasteiger partial charge on any atom is 0.154 e. The van der Waals surface area contributed by atoms with Crippen molar-refractivity contribution in [3.63, 3.8) is 0 Å². The summed E-state index contributed by atoms with van der Waals surface area (Å²) in [5.74, 6) is 6.48. The average Bonchev–Trinajstić information content (AvgIpc) is 3.33. The summed E-state index contributed by atoms with van der Waals surface area (Å²) < 4.78 is 23.6. The van der Waals surface area contributed by atoms with Crippen LogP contribution in [0, 0.1) is 47.3 Å². The van der Waals surface area contributed by atoms with Gasteiger partial charge in [0.1, 0.15) is 0 Å². The zero-order chi connectivity index (χ0) is 20.3. The molecule has 0 amide bonds. The average molecular weight is 397 g/mol. The molecule has 4 heteroatoms. The van der Waals surface area contributed by atoms with E-state index >= 15 is 0 Å². The fraction of sp³-hybridized carbons (Fsp3) is 1.00. The summed E-state index contributed by atoms with van der Waals surface area (Å²) in [6.45, 7) is 16.0. The molecule has 164 valence electrons. The molecule has 0 heterocycles. The van der Waals surface area contributed by atoms with Gasteiger partial charge in [-0.1, -0.05) is 26.7 Å². The van der Waals surface area contributed by atoms with Crippen molar-refractivity contribution in [3.05, 3.63) is 0 Å². The lowest BCUT2D eigenvalue weighted by Crippen LogP contribution is -2.41. The molecule has 3 fully saturated rings. The zero-order valence-electron chi connectivity index (χ0n) is 19.1. The van der Waals surface area contributed by atoms with Crippen LogP contribution in [0.4, 0.5) is 0 Å². The summed E-state index contributed by atoms with van der Waals surface area (Å²) >= 11 is 0. The van der Waals surface area contributed by atoms with E-state index in [1.807, 2.05) is 27.7 Å². The van der Waals surface area contributed by atoms with Crippen LogP contribution < -0.4 is 0 Å². The van der Waals surface area contributed by atoms with E-state index in [0.29, 0.717) is 25.0 Å². The van der Waals surface area contributed by atoms with Gasteiger partial charge in [0.2, 0.25) is 0 Å². The van der Waals surface area contributed by atoms with Gasteiger partial charge < -0.3 is 18.9 Å². The Hall–Kier alpha value is -0.160. The van der Waals surface area contributed by atoms with Crippen molar-refractivity contribution in [2.24, 2.45) is 47.3 Å². The van der Waals surface area contributed by atoms with Crippen molar-refractivity contribution in [2.45, 2.75) is 79.8 Å². The van der Waals surface area contributed by atoms with E-state index in [4.69, 9.17) is 18.9 Å². The second kappa shape index (κ2) is 10.2. The summed E-state index contributed by atoms with van der Waals surface area (Å²) in [6.07, 6.45) is 5.28. The molecule has 0 saturated heterocycles. The molecule has 0 radical (unpaired) electrons. The normalized spacial score (nSPS) is 41.4. The topological polar surface area (TPSA) is 36.9 Å². The Morgan fingerprint density at radius 3 is 1.43 bits per heavy atom. The Bertz CT molecular complexity index is 430. The van der Waals surface area contributed by atoms with Crippen LogP contribution in [0.1, 0.15) is 67.2 Å². The maximum absolute atomic E-state index is 6.17.